The molecule has 2 N–H and O–H groups in total. The Morgan fingerprint density at radius 2 is 2.21 bits per heavy atom. The Bertz CT molecular complexity index is 420. The lowest BCUT2D eigenvalue weighted by Gasteiger charge is -2.43. The van der Waals surface area contributed by atoms with Gasteiger partial charge in [-0.1, -0.05) is 19.4 Å². The van der Waals surface area contributed by atoms with E-state index in [1.165, 1.54) is 0 Å². The van der Waals surface area contributed by atoms with Gasteiger partial charge in [-0.05, 0) is 18.6 Å². The molecule has 0 aromatic carbocycles. The van der Waals surface area contributed by atoms with Gasteiger partial charge in [-0.15, -0.1) is 0 Å². The Hall–Kier alpha value is -1.07. The Morgan fingerprint density at radius 3 is 2.74 bits per heavy atom. The number of pyridine rings is 1. The number of primary amides is 1. The minimum atomic E-state index is -0.739. The van der Waals surface area contributed by atoms with Gasteiger partial charge in [0.1, 0.15) is 5.54 Å². The molecule has 0 bridgehead atoms. The maximum atomic E-state index is 12.2. The van der Waals surface area contributed by atoms with Gasteiger partial charge in [-0.3, -0.25) is 14.7 Å². The number of nitrogens with two attached hydrogens (primary N) is 1. The van der Waals surface area contributed by atoms with E-state index in [1.54, 1.807) is 6.20 Å². The van der Waals surface area contributed by atoms with Crippen molar-refractivity contribution in [3.05, 3.63) is 30.1 Å². The van der Waals surface area contributed by atoms with Gasteiger partial charge in [0, 0.05) is 30.8 Å². The normalized spacial score (nSPS) is 19.8. The van der Waals surface area contributed by atoms with E-state index in [0.29, 0.717) is 0 Å². The van der Waals surface area contributed by atoms with Crippen molar-refractivity contribution in [2.75, 3.05) is 24.6 Å². The maximum absolute atomic E-state index is 12.2. The summed E-state index contributed by atoms with van der Waals surface area (Å²) in [5, 5.41) is 0. The lowest BCUT2D eigenvalue weighted by Crippen LogP contribution is -2.57. The van der Waals surface area contributed by atoms with Gasteiger partial charge in [-0.25, -0.2) is 0 Å². The second kappa shape index (κ2) is 6.39. The summed E-state index contributed by atoms with van der Waals surface area (Å²) in [7, 11) is 0. The minimum absolute atomic E-state index is 0.278. The summed E-state index contributed by atoms with van der Waals surface area (Å²) in [5.41, 5.74) is 5.84. The first-order chi connectivity index (χ1) is 9.21. The third-order valence-corrected chi connectivity index (χ3v) is 4.60. The number of hydrogen-bond acceptors (Lipinski definition) is 4. The molecule has 1 aromatic rings. The average molecular weight is 279 g/mol. The molecule has 19 heavy (non-hydrogen) atoms. The Balaban J connectivity index is 2.43. The molecule has 104 valence electrons. The smallest absolute Gasteiger partial charge is 0.244 e. The summed E-state index contributed by atoms with van der Waals surface area (Å²) >= 11 is 1.93. The van der Waals surface area contributed by atoms with Crippen LogP contribution in [-0.2, 0) is 10.3 Å². The summed E-state index contributed by atoms with van der Waals surface area (Å²) in [6, 6.07) is 5.71. The zero-order chi connectivity index (χ0) is 13.7. The van der Waals surface area contributed by atoms with E-state index < -0.39 is 5.54 Å². The van der Waals surface area contributed by atoms with Gasteiger partial charge in [0.25, 0.3) is 0 Å². The molecule has 0 radical (unpaired) electrons. The molecule has 1 aromatic heterocycles. The van der Waals surface area contributed by atoms with E-state index in [0.717, 1.165) is 43.1 Å². The SMILES string of the molecule is CCCC(C(N)=O)(c1ccccn1)N1CCSCC1. The number of aromatic nitrogens is 1. The number of nitrogens with zero attached hydrogens (tertiary/aromatic N) is 2. The van der Waals surface area contributed by atoms with Crippen molar-refractivity contribution in [3.8, 4) is 0 Å². The molecular formula is C14H21N3OS. The van der Waals surface area contributed by atoms with E-state index >= 15 is 0 Å². The van der Waals surface area contributed by atoms with Crippen molar-refractivity contribution in [2.24, 2.45) is 5.73 Å². The molecule has 0 aliphatic carbocycles. The van der Waals surface area contributed by atoms with Gasteiger partial charge in [0.15, 0.2) is 0 Å². The molecule has 1 atom stereocenters. The van der Waals surface area contributed by atoms with Crippen molar-refractivity contribution >= 4 is 17.7 Å². The number of thioether (sulfide) groups is 1. The van der Waals surface area contributed by atoms with Gasteiger partial charge in [-0.2, -0.15) is 11.8 Å². The number of carbonyl (C=O) groups is 1. The fraction of sp³-hybridized carbons (Fsp3) is 0.571. The first kappa shape index (κ1) is 14.3. The van der Waals surface area contributed by atoms with Crippen LogP contribution in [0.2, 0.25) is 0 Å². The predicted molar refractivity (Wildman–Crippen MR) is 78.9 cm³/mol. The molecule has 0 spiro atoms. The van der Waals surface area contributed by atoms with Gasteiger partial charge >= 0.3 is 0 Å². The summed E-state index contributed by atoms with van der Waals surface area (Å²) in [6.45, 7) is 3.87. The van der Waals surface area contributed by atoms with E-state index in [-0.39, 0.29) is 5.91 Å². The van der Waals surface area contributed by atoms with Gasteiger partial charge < -0.3 is 5.73 Å². The lowest BCUT2D eigenvalue weighted by atomic mass is 9.86. The van der Waals surface area contributed by atoms with Crippen LogP contribution in [0.1, 0.15) is 25.5 Å². The first-order valence-corrected chi connectivity index (χ1v) is 7.91. The van der Waals surface area contributed by atoms with Crippen LogP contribution >= 0.6 is 11.8 Å². The van der Waals surface area contributed by atoms with Crippen LogP contribution in [-0.4, -0.2) is 40.4 Å². The fourth-order valence-corrected chi connectivity index (χ4v) is 3.67. The van der Waals surface area contributed by atoms with Gasteiger partial charge in [0.2, 0.25) is 5.91 Å². The highest BCUT2D eigenvalue weighted by atomic mass is 32.2. The average Bonchev–Trinajstić information content (AvgIpc) is 2.46. The zero-order valence-corrected chi connectivity index (χ0v) is 12.2. The molecule has 1 aliphatic heterocycles. The van der Waals surface area contributed by atoms with Gasteiger partial charge in [0.05, 0.1) is 5.69 Å². The van der Waals surface area contributed by atoms with Crippen LogP contribution in [0, 0.1) is 0 Å². The third kappa shape index (κ3) is 2.77. The van der Waals surface area contributed by atoms with E-state index in [4.69, 9.17) is 5.73 Å². The largest absolute Gasteiger partial charge is 0.368 e. The molecule has 1 aliphatic rings. The van der Waals surface area contributed by atoms with Crippen molar-refractivity contribution < 1.29 is 4.79 Å². The molecule has 2 heterocycles. The first-order valence-electron chi connectivity index (χ1n) is 6.76. The molecule has 1 unspecified atom stereocenters. The highest BCUT2D eigenvalue weighted by Gasteiger charge is 2.44. The summed E-state index contributed by atoms with van der Waals surface area (Å²) < 4.78 is 0. The van der Waals surface area contributed by atoms with E-state index in [2.05, 4.69) is 16.8 Å². The monoisotopic (exact) mass is 279 g/mol. The highest BCUT2D eigenvalue weighted by Crippen LogP contribution is 2.34. The van der Waals surface area contributed by atoms with Crippen molar-refractivity contribution in [1.29, 1.82) is 0 Å². The van der Waals surface area contributed by atoms with Crippen LogP contribution in [0.25, 0.3) is 0 Å². The van der Waals surface area contributed by atoms with Crippen molar-refractivity contribution in [2.45, 2.75) is 25.3 Å². The van der Waals surface area contributed by atoms with Crippen LogP contribution < -0.4 is 5.73 Å². The molecule has 4 nitrogen and oxygen atoms in total. The van der Waals surface area contributed by atoms with Crippen LogP contribution in [0.4, 0.5) is 0 Å². The topological polar surface area (TPSA) is 59.2 Å². The number of rotatable bonds is 5. The second-order valence-electron chi connectivity index (χ2n) is 4.79. The zero-order valence-electron chi connectivity index (χ0n) is 11.3. The van der Waals surface area contributed by atoms with Crippen molar-refractivity contribution in [3.63, 3.8) is 0 Å². The predicted octanol–water partition coefficient (Wildman–Crippen LogP) is 1.61. The summed E-state index contributed by atoms with van der Waals surface area (Å²) in [4.78, 5) is 18.9. The number of carbonyl (C=O) groups excluding carboxylic acids is 1. The highest BCUT2D eigenvalue weighted by molar-refractivity contribution is 7.99. The lowest BCUT2D eigenvalue weighted by molar-refractivity contribution is -0.132. The molecular weight excluding hydrogens is 258 g/mol. The van der Waals surface area contributed by atoms with E-state index in [1.807, 2.05) is 30.0 Å². The minimum Gasteiger partial charge on any atom is -0.368 e. The fourth-order valence-electron chi connectivity index (χ4n) is 2.77. The maximum Gasteiger partial charge on any atom is 0.244 e. The number of hydrogen-bond donors (Lipinski definition) is 1. The molecule has 1 fully saturated rings. The Kier molecular flexibility index (Phi) is 4.82. The number of amides is 1. The quantitative estimate of drug-likeness (QED) is 0.889. The van der Waals surface area contributed by atoms with E-state index in [9.17, 15) is 4.79 Å². The van der Waals surface area contributed by atoms with Crippen LogP contribution in [0.5, 0.6) is 0 Å². The Labute approximate surface area is 118 Å². The van der Waals surface area contributed by atoms with Crippen LogP contribution in [0.15, 0.2) is 24.4 Å². The standard InChI is InChI=1S/C14H21N3OS/c1-2-6-14(13(15)18,12-5-3-4-7-16-12)17-8-10-19-11-9-17/h3-5,7H,2,6,8-11H2,1H3,(H2,15,18). The summed E-state index contributed by atoms with van der Waals surface area (Å²) in [6.07, 6.45) is 3.37. The Morgan fingerprint density at radius 1 is 1.47 bits per heavy atom. The third-order valence-electron chi connectivity index (χ3n) is 3.66. The molecule has 2 rings (SSSR count). The van der Waals surface area contributed by atoms with Crippen LogP contribution in [0.3, 0.4) is 0 Å². The molecule has 0 saturated carbocycles. The molecule has 5 heteroatoms. The molecule has 1 saturated heterocycles. The van der Waals surface area contributed by atoms with Crippen molar-refractivity contribution in [1.82, 2.24) is 9.88 Å². The summed E-state index contributed by atoms with van der Waals surface area (Å²) in [5.74, 6) is 1.82. The molecule has 1 amide bonds. The second-order valence-corrected chi connectivity index (χ2v) is 6.01.